The van der Waals surface area contributed by atoms with E-state index in [-0.39, 0.29) is 34.7 Å². The lowest BCUT2D eigenvalue weighted by atomic mass is 9.75. The van der Waals surface area contributed by atoms with Gasteiger partial charge in [0, 0.05) is 23.7 Å². The second kappa shape index (κ2) is 10.6. The summed E-state index contributed by atoms with van der Waals surface area (Å²) in [4.78, 5) is 26.0. The largest absolute Gasteiger partial charge is 0.483 e. The molecule has 0 saturated carbocycles. The number of ether oxygens (including phenoxy) is 2. The van der Waals surface area contributed by atoms with Gasteiger partial charge in [0.05, 0.1) is 18.6 Å². The van der Waals surface area contributed by atoms with Gasteiger partial charge in [0.15, 0.2) is 12.7 Å². The fourth-order valence-corrected chi connectivity index (χ4v) is 4.02. The molecule has 1 amide bonds. The fourth-order valence-electron chi connectivity index (χ4n) is 3.84. The first kappa shape index (κ1) is 24.5. The topological polar surface area (TPSA) is 99.9 Å². The number of hydrogen-bond acceptors (Lipinski definition) is 6. The summed E-state index contributed by atoms with van der Waals surface area (Å²) in [5.74, 6) is -1.34. The van der Waals surface area contributed by atoms with Gasteiger partial charge in [-0.1, -0.05) is 23.7 Å². The lowest BCUT2D eigenvalue weighted by Crippen LogP contribution is -2.45. The minimum atomic E-state index is -1.60. The molecule has 174 valence electrons. The first-order valence-electron chi connectivity index (χ1n) is 10.4. The van der Waals surface area contributed by atoms with Gasteiger partial charge in [-0.15, -0.1) is 0 Å². The maximum absolute atomic E-state index is 13.2. The van der Waals surface area contributed by atoms with Crippen molar-refractivity contribution in [1.29, 1.82) is 5.26 Å². The van der Waals surface area contributed by atoms with Gasteiger partial charge in [-0.25, -0.2) is 9.18 Å². The minimum Gasteiger partial charge on any atom is -0.483 e. The van der Waals surface area contributed by atoms with Crippen molar-refractivity contribution in [3.8, 4) is 11.8 Å². The number of methoxy groups -OCH3 is 1. The van der Waals surface area contributed by atoms with Crippen LogP contribution >= 0.6 is 11.6 Å². The van der Waals surface area contributed by atoms with Crippen molar-refractivity contribution >= 4 is 23.5 Å². The number of aliphatic hydroxyl groups is 1. The summed E-state index contributed by atoms with van der Waals surface area (Å²) in [6.07, 6.45) is -0.141. The van der Waals surface area contributed by atoms with Crippen molar-refractivity contribution in [2.75, 3.05) is 26.8 Å². The van der Waals surface area contributed by atoms with Gasteiger partial charge in [0.25, 0.3) is 5.91 Å². The van der Waals surface area contributed by atoms with E-state index in [9.17, 15) is 24.3 Å². The Balaban J connectivity index is 1.60. The quantitative estimate of drug-likeness (QED) is 0.617. The SMILES string of the molecule is COC(=O)C(O)c1cc(Cl)ccc1OCC(=O)N1CCC(C#N)(Cc2ccc(F)cc2)CC1. The normalized spacial score (nSPS) is 15.9. The van der Waals surface area contributed by atoms with Gasteiger partial charge >= 0.3 is 5.97 Å². The van der Waals surface area contributed by atoms with Crippen molar-refractivity contribution in [3.63, 3.8) is 0 Å². The number of rotatable bonds is 7. The molecular weight excluding hydrogens is 451 g/mol. The van der Waals surface area contributed by atoms with Crippen LogP contribution in [0.1, 0.15) is 30.1 Å². The maximum Gasteiger partial charge on any atom is 0.339 e. The predicted molar refractivity (Wildman–Crippen MR) is 118 cm³/mol. The first-order chi connectivity index (χ1) is 15.8. The lowest BCUT2D eigenvalue weighted by Gasteiger charge is -2.37. The number of nitriles is 1. The number of nitrogens with zero attached hydrogens (tertiary/aromatic N) is 2. The van der Waals surface area contributed by atoms with Gasteiger partial charge in [-0.05, 0) is 55.2 Å². The molecule has 0 radical (unpaired) electrons. The molecular formula is C24H24ClFN2O5. The van der Waals surface area contributed by atoms with Crippen LogP contribution in [0.4, 0.5) is 4.39 Å². The molecule has 1 fully saturated rings. The van der Waals surface area contributed by atoms with Gasteiger partial charge in [-0.2, -0.15) is 5.26 Å². The van der Waals surface area contributed by atoms with Gasteiger partial charge in [0.2, 0.25) is 0 Å². The van der Waals surface area contributed by atoms with Crippen LogP contribution in [0.15, 0.2) is 42.5 Å². The van der Waals surface area contributed by atoms with Crippen molar-refractivity contribution < 1.29 is 28.6 Å². The summed E-state index contributed by atoms with van der Waals surface area (Å²) in [6, 6.07) is 12.8. The molecule has 2 aromatic rings. The molecule has 3 rings (SSSR count). The molecule has 2 aromatic carbocycles. The van der Waals surface area contributed by atoms with E-state index in [4.69, 9.17) is 16.3 Å². The summed E-state index contributed by atoms with van der Waals surface area (Å²) in [7, 11) is 1.15. The predicted octanol–water partition coefficient (Wildman–Crippen LogP) is 3.44. The average molecular weight is 475 g/mol. The van der Waals surface area contributed by atoms with Crippen molar-refractivity contribution in [2.45, 2.75) is 25.4 Å². The zero-order valence-corrected chi connectivity index (χ0v) is 18.8. The highest BCUT2D eigenvalue weighted by Crippen LogP contribution is 2.35. The zero-order valence-electron chi connectivity index (χ0n) is 18.1. The van der Waals surface area contributed by atoms with Crippen molar-refractivity contribution in [1.82, 2.24) is 4.90 Å². The number of carbonyl (C=O) groups excluding carboxylic acids is 2. The highest BCUT2D eigenvalue weighted by atomic mass is 35.5. The molecule has 1 atom stereocenters. The molecule has 9 heteroatoms. The molecule has 1 saturated heterocycles. The molecule has 1 aliphatic rings. The van der Waals surface area contributed by atoms with Gasteiger partial charge in [-0.3, -0.25) is 4.79 Å². The van der Waals surface area contributed by atoms with E-state index >= 15 is 0 Å². The molecule has 33 heavy (non-hydrogen) atoms. The number of likely N-dealkylation sites (tertiary alicyclic amines) is 1. The highest BCUT2D eigenvalue weighted by molar-refractivity contribution is 6.30. The summed E-state index contributed by atoms with van der Waals surface area (Å²) in [6.45, 7) is 0.463. The fraction of sp³-hybridized carbons (Fsp3) is 0.375. The zero-order chi connectivity index (χ0) is 24.0. The molecule has 1 heterocycles. The van der Waals surface area contributed by atoms with Crippen LogP contribution < -0.4 is 4.74 Å². The molecule has 0 spiro atoms. The van der Waals surface area contributed by atoms with E-state index in [2.05, 4.69) is 10.8 Å². The van der Waals surface area contributed by atoms with Crippen LogP contribution in [0, 0.1) is 22.6 Å². The van der Waals surface area contributed by atoms with E-state index < -0.39 is 17.5 Å². The van der Waals surface area contributed by atoms with E-state index in [1.54, 1.807) is 17.0 Å². The molecule has 7 nitrogen and oxygen atoms in total. The number of amides is 1. The maximum atomic E-state index is 13.2. The summed E-state index contributed by atoms with van der Waals surface area (Å²) in [5, 5.41) is 20.2. The molecule has 0 bridgehead atoms. The molecule has 1 aliphatic heterocycles. The smallest absolute Gasteiger partial charge is 0.339 e. The molecule has 1 N–H and O–H groups in total. The number of aliphatic hydroxyl groups excluding tert-OH is 1. The van der Waals surface area contributed by atoms with E-state index in [0.29, 0.717) is 32.4 Å². The number of carbonyl (C=O) groups is 2. The van der Waals surface area contributed by atoms with E-state index in [1.165, 1.54) is 30.3 Å². The van der Waals surface area contributed by atoms with Crippen LogP contribution in [-0.4, -0.2) is 48.7 Å². The number of piperidine rings is 1. The Morgan fingerprint density at radius 1 is 1.24 bits per heavy atom. The van der Waals surface area contributed by atoms with E-state index in [1.807, 2.05) is 0 Å². The second-order valence-electron chi connectivity index (χ2n) is 7.97. The number of hydrogen-bond donors (Lipinski definition) is 1. The Morgan fingerprint density at radius 2 is 1.91 bits per heavy atom. The number of halogens is 2. The van der Waals surface area contributed by atoms with Crippen molar-refractivity contribution in [3.05, 3.63) is 64.4 Å². The Hall–Kier alpha value is -3.15. The molecule has 0 aliphatic carbocycles. The van der Waals surface area contributed by atoms with Crippen LogP contribution in [0.2, 0.25) is 5.02 Å². The third-order valence-electron chi connectivity index (χ3n) is 5.81. The average Bonchev–Trinajstić information content (AvgIpc) is 2.84. The summed E-state index contributed by atoms with van der Waals surface area (Å²) < 4.78 is 23.3. The Morgan fingerprint density at radius 3 is 2.52 bits per heavy atom. The van der Waals surface area contributed by atoms with Crippen molar-refractivity contribution in [2.24, 2.45) is 5.41 Å². The van der Waals surface area contributed by atoms with Crippen LogP contribution in [0.5, 0.6) is 5.75 Å². The Bertz CT molecular complexity index is 1050. The second-order valence-corrected chi connectivity index (χ2v) is 8.41. The number of benzene rings is 2. The van der Waals surface area contributed by atoms with E-state index in [0.717, 1.165) is 12.7 Å². The standard InChI is InChI=1S/C24H24ClFN2O5/c1-32-23(31)22(30)19-12-17(25)4-7-20(19)33-14-21(29)28-10-8-24(15-27,9-11-28)13-16-2-5-18(26)6-3-16/h2-7,12,22,30H,8-11,13-14H2,1H3. The molecule has 1 unspecified atom stereocenters. The van der Waals surface area contributed by atoms with Gasteiger partial charge < -0.3 is 19.5 Å². The monoisotopic (exact) mass is 474 g/mol. The minimum absolute atomic E-state index is 0.101. The number of esters is 1. The summed E-state index contributed by atoms with van der Waals surface area (Å²) in [5.41, 5.74) is 0.354. The van der Waals surface area contributed by atoms with Gasteiger partial charge in [0.1, 0.15) is 11.6 Å². The third-order valence-corrected chi connectivity index (χ3v) is 6.04. The Labute approximate surface area is 196 Å². The highest BCUT2D eigenvalue weighted by Gasteiger charge is 2.36. The van der Waals surface area contributed by atoms with Crippen LogP contribution in [0.25, 0.3) is 0 Å². The summed E-state index contributed by atoms with van der Waals surface area (Å²) >= 11 is 5.96. The van der Waals surface area contributed by atoms with Crippen LogP contribution in [0.3, 0.4) is 0 Å². The van der Waals surface area contributed by atoms with Crippen LogP contribution in [-0.2, 0) is 20.7 Å². The Kier molecular flexibility index (Phi) is 7.90. The first-order valence-corrected chi connectivity index (χ1v) is 10.8. The third kappa shape index (κ3) is 6.01. The molecule has 0 aromatic heterocycles. The lowest BCUT2D eigenvalue weighted by molar-refractivity contribution is -0.150.